The van der Waals surface area contributed by atoms with Gasteiger partial charge in [-0.2, -0.15) is 0 Å². The largest absolute Gasteiger partial charge is 0.480 e. The molecule has 0 aromatic heterocycles. The molecule has 7 nitrogen and oxygen atoms in total. The summed E-state index contributed by atoms with van der Waals surface area (Å²) in [5.74, 6) is -1.48. The predicted octanol–water partition coefficient (Wildman–Crippen LogP) is -0.672. The van der Waals surface area contributed by atoms with E-state index < -0.39 is 24.1 Å². The van der Waals surface area contributed by atoms with Gasteiger partial charge in [-0.05, 0) is 0 Å². The molecule has 0 bridgehead atoms. The van der Waals surface area contributed by atoms with Crippen molar-refractivity contribution in [3.63, 3.8) is 0 Å². The standard InChI is InChI=1S/C8H12N2O5/c1-4(11)9-5-2-6(7(12)13)10(3-5)8(14)15/h5-6H,2-3H2,1H3,(H,9,11)(H,12,13)(H,14,15)/t5-,6+/m0/s1. The number of hydrogen-bond donors (Lipinski definition) is 3. The summed E-state index contributed by atoms with van der Waals surface area (Å²) in [5.41, 5.74) is 0. The molecule has 1 saturated heterocycles. The van der Waals surface area contributed by atoms with Gasteiger partial charge in [0.1, 0.15) is 6.04 Å². The highest BCUT2D eigenvalue weighted by atomic mass is 16.4. The summed E-state index contributed by atoms with van der Waals surface area (Å²) in [5, 5.41) is 20.0. The van der Waals surface area contributed by atoms with Crippen LogP contribution in [0.25, 0.3) is 0 Å². The van der Waals surface area contributed by atoms with Crippen molar-refractivity contribution in [2.75, 3.05) is 6.54 Å². The van der Waals surface area contributed by atoms with Crippen molar-refractivity contribution in [1.82, 2.24) is 10.2 Å². The maximum absolute atomic E-state index is 10.7. The van der Waals surface area contributed by atoms with Crippen LogP contribution in [0.15, 0.2) is 0 Å². The number of amides is 2. The molecule has 1 aliphatic rings. The number of rotatable bonds is 2. The Morgan fingerprint density at radius 3 is 2.27 bits per heavy atom. The van der Waals surface area contributed by atoms with Gasteiger partial charge in [0.2, 0.25) is 5.91 Å². The van der Waals surface area contributed by atoms with Gasteiger partial charge in [0.15, 0.2) is 0 Å². The third-order valence-corrected chi connectivity index (χ3v) is 2.24. The predicted molar refractivity (Wildman–Crippen MR) is 48.4 cm³/mol. The lowest BCUT2D eigenvalue weighted by atomic mass is 10.2. The molecule has 1 heterocycles. The second-order valence-corrected chi connectivity index (χ2v) is 3.42. The maximum atomic E-state index is 10.7. The van der Waals surface area contributed by atoms with E-state index in [4.69, 9.17) is 10.2 Å². The summed E-state index contributed by atoms with van der Waals surface area (Å²) in [6.45, 7) is 1.32. The molecular formula is C8H12N2O5. The molecule has 84 valence electrons. The zero-order valence-electron chi connectivity index (χ0n) is 8.14. The summed E-state index contributed by atoms with van der Waals surface area (Å²) in [4.78, 5) is 33.0. The summed E-state index contributed by atoms with van der Waals surface area (Å²) in [6.07, 6.45) is -1.17. The first kappa shape index (κ1) is 11.3. The van der Waals surface area contributed by atoms with E-state index in [0.29, 0.717) is 0 Å². The average molecular weight is 216 g/mol. The van der Waals surface area contributed by atoms with Crippen molar-refractivity contribution in [1.29, 1.82) is 0 Å². The molecule has 0 radical (unpaired) electrons. The SMILES string of the molecule is CC(=O)N[C@H]1C[C@H](C(=O)O)N(C(=O)O)C1. The zero-order valence-corrected chi connectivity index (χ0v) is 8.14. The van der Waals surface area contributed by atoms with Crippen molar-refractivity contribution in [3.05, 3.63) is 0 Å². The van der Waals surface area contributed by atoms with Crippen LogP contribution in [0.2, 0.25) is 0 Å². The quantitative estimate of drug-likeness (QED) is 0.567. The molecule has 0 aliphatic carbocycles. The Balaban J connectivity index is 2.69. The minimum absolute atomic E-state index is 0.0197. The molecule has 7 heteroatoms. The molecule has 0 unspecified atom stereocenters. The van der Waals surface area contributed by atoms with E-state index >= 15 is 0 Å². The number of carboxylic acids is 1. The lowest BCUT2D eigenvalue weighted by Crippen LogP contribution is -2.40. The number of aliphatic carboxylic acids is 1. The lowest BCUT2D eigenvalue weighted by molar-refractivity contribution is -0.141. The first-order valence-corrected chi connectivity index (χ1v) is 4.41. The second-order valence-electron chi connectivity index (χ2n) is 3.42. The third kappa shape index (κ3) is 2.58. The first-order valence-electron chi connectivity index (χ1n) is 4.41. The monoisotopic (exact) mass is 216 g/mol. The van der Waals surface area contributed by atoms with Gasteiger partial charge in [-0.1, -0.05) is 0 Å². The van der Waals surface area contributed by atoms with Gasteiger partial charge in [0.25, 0.3) is 0 Å². The molecule has 1 fully saturated rings. The molecule has 0 aromatic carbocycles. The van der Waals surface area contributed by atoms with Crippen LogP contribution in [0.5, 0.6) is 0 Å². The lowest BCUT2D eigenvalue weighted by Gasteiger charge is -2.16. The Labute approximate surface area is 85.7 Å². The number of carbonyl (C=O) groups excluding carboxylic acids is 1. The van der Waals surface area contributed by atoms with Crippen LogP contribution >= 0.6 is 0 Å². The molecule has 0 aromatic rings. The van der Waals surface area contributed by atoms with Crippen molar-refractivity contribution in [2.45, 2.75) is 25.4 Å². The Morgan fingerprint density at radius 2 is 1.93 bits per heavy atom. The molecular weight excluding hydrogens is 204 g/mol. The highest BCUT2D eigenvalue weighted by Crippen LogP contribution is 2.18. The average Bonchev–Trinajstić information content (AvgIpc) is 2.46. The maximum Gasteiger partial charge on any atom is 0.408 e. The Kier molecular flexibility index (Phi) is 3.13. The van der Waals surface area contributed by atoms with Gasteiger partial charge in [-0.25, -0.2) is 9.59 Å². The van der Waals surface area contributed by atoms with Crippen molar-refractivity contribution in [2.24, 2.45) is 0 Å². The van der Waals surface area contributed by atoms with Gasteiger partial charge >= 0.3 is 12.1 Å². The van der Waals surface area contributed by atoms with Crippen LogP contribution in [0, 0.1) is 0 Å². The van der Waals surface area contributed by atoms with Crippen molar-refractivity contribution in [3.8, 4) is 0 Å². The minimum atomic E-state index is -1.28. The molecule has 2 atom stereocenters. The number of hydrogen-bond acceptors (Lipinski definition) is 3. The fourth-order valence-corrected chi connectivity index (χ4v) is 1.67. The molecule has 0 saturated carbocycles. The van der Waals surface area contributed by atoms with E-state index in [0.717, 1.165) is 4.90 Å². The van der Waals surface area contributed by atoms with E-state index in [9.17, 15) is 14.4 Å². The molecule has 2 amide bonds. The number of nitrogens with one attached hydrogen (secondary N) is 1. The second kappa shape index (κ2) is 4.16. The Bertz CT molecular complexity index is 281. The van der Waals surface area contributed by atoms with E-state index in [1.165, 1.54) is 6.92 Å². The van der Waals surface area contributed by atoms with Crippen LogP contribution in [-0.4, -0.2) is 51.7 Å². The Morgan fingerprint density at radius 1 is 1.33 bits per heavy atom. The van der Waals surface area contributed by atoms with Crippen LogP contribution in [0.1, 0.15) is 13.3 Å². The van der Waals surface area contributed by atoms with E-state index in [-0.39, 0.29) is 18.9 Å². The first-order chi connectivity index (χ1) is 6.91. The van der Waals surface area contributed by atoms with Crippen LogP contribution in [0.4, 0.5) is 4.79 Å². The highest BCUT2D eigenvalue weighted by Gasteiger charge is 2.39. The summed E-state index contributed by atoms with van der Waals surface area (Å²) in [7, 11) is 0. The third-order valence-electron chi connectivity index (χ3n) is 2.24. The van der Waals surface area contributed by atoms with Gasteiger partial charge in [0.05, 0.1) is 0 Å². The van der Waals surface area contributed by atoms with E-state index in [1.807, 2.05) is 0 Å². The fourth-order valence-electron chi connectivity index (χ4n) is 1.67. The number of carbonyl (C=O) groups is 3. The number of nitrogens with zero attached hydrogens (tertiary/aromatic N) is 1. The molecule has 15 heavy (non-hydrogen) atoms. The van der Waals surface area contributed by atoms with Gasteiger partial charge in [-0.15, -0.1) is 0 Å². The van der Waals surface area contributed by atoms with E-state index in [2.05, 4.69) is 5.32 Å². The number of likely N-dealkylation sites (tertiary alicyclic amines) is 1. The Hall–Kier alpha value is -1.79. The summed E-state index contributed by atoms with van der Waals surface area (Å²) in [6, 6.07) is -1.49. The van der Waals surface area contributed by atoms with Crippen LogP contribution < -0.4 is 5.32 Å². The van der Waals surface area contributed by atoms with Crippen LogP contribution in [-0.2, 0) is 9.59 Å². The van der Waals surface area contributed by atoms with Gasteiger partial charge < -0.3 is 15.5 Å². The molecule has 1 rings (SSSR count). The minimum Gasteiger partial charge on any atom is -0.480 e. The molecule has 1 aliphatic heterocycles. The summed E-state index contributed by atoms with van der Waals surface area (Å²) < 4.78 is 0. The summed E-state index contributed by atoms with van der Waals surface area (Å²) >= 11 is 0. The van der Waals surface area contributed by atoms with Crippen molar-refractivity contribution >= 4 is 18.0 Å². The number of carboxylic acid groups (broad SMARTS) is 2. The smallest absolute Gasteiger partial charge is 0.408 e. The normalized spacial score (nSPS) is 25.0. The van der Waals surface area contributed by atoms with E-state index in [1.54, 1.807) is 0 Å². The highest BCUT2D eigenvalue weighted by molar-refractivity contribution is 5.81. The topological polar surface area (TPSA) is 107 Å². The molecule has 3 N–H and O–H groups in total. The molecule has 0 spiro atoms. The van der Waals surface area contributed by atoms with Crippen molar-refractivity contribution < 1.29 is 24.6 Å². The van der Waals surface area contributed by atoms with Gasteiger partial charge in [0, 0.05) is 25.9 Å². The van der Waals surface area contributed by atoms with Crippen LogP contribution in [0.3, 0.4) is 0 Å². The van der Waals surface area contributed by atoms with Gasteiger partial charge in [-0.3, -0.25) is 9.69 Å². The zero-order chi connectivity index (χ0) is 11.6. The fraction of sp³-hybridized carbons (Fsp3) is 0.625.